The van der Waals surface area contributed by atoms with Gasteiger partial charge in [0.25, 0.3) is 0 Å². The minimum atomic E-state index is -4.84. The first-order valence-electron chi connectivity index (χ1n) is 7.47. The molecule has 1 amide bonds. The summed E-state index contributed by atoms with van der Waals surface area (Å²) in [5, 5.41) is 3.21. The molecule has 4 nitrogen and oxygen atoms in total. The average molecular weight is 408 g/mol. The van der Waals surface area contributed by atoms with Gasteiger partial charge in [0, 0.05) is 11.4 Å². The smallest absolute Gasteiger partial charge is 0.492 e. The summed E-state index contributed by atoms with van der Waals surface area (Å²) in [6.45, 7) is 0.204. The lowest BCUT2D eigenvalue weighted by Crippen LogP contribution is -2.19. The predicted molar refractivity (Wildman–Crippen MR) is 92.9 cm³/mol. The van der Waals surface area contributed by atoms with Crippen molar-refractivity contribution in [3.63, 3.8) is 0 Å². The molecule has 0 aromatic heterocycles. The van der Waals surface area contributed by atoms with Crippen LogP contribution in [0, 0.1) is 0 Å². The van der Waals surface area contributed by atoms with Crippen molar-refractivity contribution < 1.29 is 27.4 Å². The molecule has 0 heterocycles. The van der Waals surface area contributed by atoms with Crippen molar-refractivity contribution in [1.29, 1.82) is 0 Å². The molecule has 2 aromatic rings. The van der Waals surface area contributed by atoms with E-state index in [1.165, 1.54) is 24.3 Å². The minimum Gasteiger partial charge on any atom is -0.492 e. The summed E-state index contributed by atoms with van der Waals surface area (Å²) in [7, 11) is 0. The van der Waals surface area contributed by atoms with Gasteiger partial charge >= 0.3 is 6.36 Å². The molecule has 0 saturated heterocycles. The van der Waals surface area contributed by atoms with E-state index in [0.717, 1.165) is 6.07 Å². The van der Waals surface area contributed by atoms with Gasteiger partial charge in [0.2, 0.25) is 5.91 Å². The molecular weight excluding hydrogens is 394 g/mol. The van der Waals surface area contributed by atoms with Crippen LogP contribution in [0.15, 0.2) is 42.5 Å². The van der Waals surface area contributed by atoms with E-state index < -0.39 is 18.0 Å². The van der Waals surface area contributed by atoms with Crippen molar-refractivity contribution in [2.24, 2.45) is 0 Å². The molecule has 0 fully saturated rings. The summed E-state index contributed by atoms with van der Waals surface area (Å²) in [6, 6.07) is 10.1. The molecule has 0 aliphatic carbocycles. The number of hydrogen-bond acceptors (Lipinski definition) is 3. The van der Waals surface area contributed by atoms with Crippen LogP contribution in [0.5, 0.6) is 11.5 Å². The van der Waals surface area contributed by atoms with E-state index in [4.69, 9.17) is 27.9 Å². The van der Waals surface area contributed by atoms with Gasteiger partial charge in [0.15, 0.2) is 5.75 Å². The van der Waals surface area contributed by atoms with Gasteiger partial charge in [0.05, 0.1) is 17.3 Å². The first-order valence-corrected chi connectivity index (χ1v) is 8.22. The molecule has 0 aliphatic heterocycles. The molecule has 1 N–H and O–H groups in total. The molecule has 26 heavy (non-hydrogen) atoms. The lowest BCUT2D eigenvalue weighted by Gasteiger charge is -2.14. The molecule has 0 aliphatic rings. The summed E-state index contributed by atoms with van der Waals surface area (Å²) < 4.78 is 46.4. The Balaban J connectivity index is 1.82. The Bertz CT molecular complexity index is 769. The molecule has 0 spiro atoms. The number of carbonyl (C=O) groups is 1. The Morgan fingerprint density at radius 3 is 2.50 bits per heavy atom. The van der Waals surface area contributed by atoms with Crippen LogP contribution in [-0.4, -0.2) is 18.9 Å². The van der Waals surface area contributed by atoms with Gasteiger partial charge in [-0.15, -0.1) is 13.2 Å². The number of carbonyl (C=O) groups excluding carboxylic acids is 1. The van der Waals surface area contributed by atoms with Crippen molar-refractivity contribution in [1.82, 2.24) is 0 Å². The van der Waals surface area contributed by atoms with E-state index in [9.17, 15) is 18.0 Å². The second-order valence-corrected chi connectivity index (χ2v) is 5.96. The highest BCUT2D eigenvalue weighted by Gasteiger charge is 2.32. The number of hydrogen-bond donors (Lipinski definition) is 1. The van der Waals surface area contributed by atoms with Gasteiger partial charge in [-0.05, 0) is 36.8 Å². The zero-order chi connectivity index (χ0) is 19.2. The first kappa shape index (κ1) is 20.2. The van der Waals surface area contributed by atoms with E-state index in [1.807, 2.05) is 0 Å². The van der Waals surface area contributed by atoms with Crippen LogP contribution >= 0.6 is 23.2 Å². The normalized spacial score (nSPS) is 11.1. The molecule has 2 rings (SSSR count). The Hall–Kier alpha value is -2.12. The number of rotatable bonds is 7. The summed E-state index contributed by atoms with van der Waals surface area (Å²) >= 11 is 11.7. The van der Waals surface area contributed by atoms with Crippen LogP contribution in [0.25, 0.3) is 0 Å². The minimum absolute atomic E-state index is 0.0472. The third kappa shape index (κ3) is 6.65. The third-order valence-electron chi connectivity index (χ3n) is 3.09. The zero-order valence-corrected chi connectivity index (χ0v) is 14.8. The van der Waals surface area contributed by atoms with E-state index in [-0.39, 0.29) is 18.7 Å². The maximum absolute atomic E-state index is 12.4. The summed E-state index contributed by atoms with van der Waals surface area (Å²) in [5.41, 5.74) is -0.0588. The van der Waals surface area contributed by atoms with Crippen LogP contribution in [0.1, 0.15) is 12.8 Å². The molecular formula is C17H14Cl2F3NO3. The number of ether oxygens (including phenoxy) is 2. The highest BCUT2D eigenvalue weighted by atomic mass is 35.5. The number of alkyl halides is 3. The molecule has 0 bridgehead atoms. The highest BCUT2D eigenvalue weighted by Crippen LogP contribution is 2.30. The van der Waals surface area contributed by atoms with Gasteiger partial charge in [-0.1, -0.05) is 35.3 Å². The van der Waals surface area contributed by atoms with Crippen molar-refractivity contribution in [3.8, 4) is 11.5 Å². The molecule has 9 heteroatoms. The summed E-state index contributed by atoms with van der Waals surface area (Å²) in [5.74, 6) is -0.507. The van der Waals surface area contributed by atoms with Gasteiger partial charge in [-0.2, -0.15) is 0 Å². The molecule has 0 unspecified atom stereocenters. The lowest BCUT2D eigenvalue weighted by atomic mass is 10.2. The van der Waals surface area contributed by atoms with Crippen molar-refractivity contribution in [2.45, 2.75) is 19.2 Å². The van der Waals surface area contributed by atoms with E-state index in [1.54, 1.807) is 12.1 Å². The maximum Gasteiger partial charge on any atom is 0.573 e. The van der Waals surface area contributed by atoms with Crippen LogP contribution in [-0.2, 0) is 4.79 Å². The monoisotopic (exact) mass is 407 g/mol. The average Bonchev–Trinajstić information content (AvgIpc) is 2.54. The largest absolute Gasteiger partial charge is 0.573 e. The maximum atomic E-state index is 12.4. The second kappa shape index (κ2) is 9.00. The standard InChI is InChI=1S/C17H14Cl2F3NO3/c18-11-7-8-14(12(19)10-11)25-9-3-6-16(24)23-13-4-1-2-5-15(13)26-17(20,21)22/h1-2,4-5,7-8,10H,3,6,9H2,(H,23,24). The summed E-state index contributed by atoms with van der Waals surface area (Å²) in [6.07, 6.45) is -4.45. The van der Waals surface area contributed by atoms with Crippen molar-refractivity contribution in [2.75, 3.05) is 11.9 Å². The molecule has 140 valence electrons. The lowest BCUT2D eigenvalue weighted by molar-refractivity contribution is -0.274. The number of anilines is 1. The molecule has 0 radical (unpaired) electrons. The number of nitrogens with one attached hydrogen (secondary N) is 1. The predicted octanol–water partition coefficient (Wildman–Crippen LogP) is 5.69. The topological polar surface area (TPSA) is 47.6 Å². The quantitative estimate of drug-likeness (QED) is 0.599. The van der Waals surface area contributed by atoms with Crippen LogP contribution in [0.2, 0.25) is 10.0 Å². The van der Waals surface area contributed by atoms with E-state index in [2.05, 4.69) is 10.1 Å². The molecule has 2 aromatic carbocycles. The highest BCUT2D eigenvalue weighted by molar-refractivity contribution is 6.35. The number of para-hydroxylation sites is 2. The summed E-state index contributed by atoms with van der Waals surface area (Å²) in [4.78, 5) is 11.9. The number of halogens is 5. The Morgan fingerprint density at radius 1 is 1.08 bits per heavy atom. The molecule has 0 atom stereocenters. The van der Waals surface area contributed by atoms with Crippen molar-refractivity contribution >= 4 is 34.8 Å². The number of benzene rings is 2. The molecule has 0 saturated carbocycles. The van der Waals surface area contributed by atoms with Crippen LogP contribution < -0.4 is 14.8 Å². The fourth-order valence-electron chi connectivity index (χ4n) is 2.00. The Morgan fingerprint density at radius 2 is 1.81 bits per heavy atom. The first-order chi connectivity index (χ1) is 12.2. The third-order valence-corrected chi connectivity index (χ3v) is 3.62. The van der Waals surface area contributed by atoms with Crippen LogP contribution in [0.3, 0.4) is 0 Å². The van der Waals surface area contributed by atoms with Crippen LogP contribution in [0.4, 0.5) is 18.9 Å². The number of amides is 1. The zero-order valence-electron chi connectivity index (χ0n) is 13.3. The van der Waals surface area contributed by atoms with Gasteiger partial charge in [-0.3, -0.25) is 4.79 Å². The van der Waals surface area contributed by atoms with E-state index >= 15 is 0 Å². The Kier molecular flexibility index (Phi) is 6.99. The fraction of sp³-hybridized carbons (Fsp3) is 0.235. The Labute approximate surface area is 157 Å². The van der Waals surface area contributed by atoms with Gasteiger partial charge in [0.1, 0.15) is 5.75 Å². The second-order valence-electron chi connectivity index (χ2n) is 5.12. The van der Waals surface area contributed by atoms with E-state index in [0.29, 0.717) is 22.2 Å². The SMILES string of the molecule is O=C(CCCOc1ccc(Cl)cc1Cl)Nc1ccccc1OC(F)(F)F. The van der Waals surface area contributed by atoms with Crippen molar-refractivity contribution in [3.05, 3.63) is 52.5 Å². The van der Waals surface area contributed by atoms with Gasteiger partial charge in [-0.25, -0.2) is 0 Å². The fourth-order valence-corrected chi connectivity index (χ4v) is 2.47. The van der Waals surface area contributed by atoms with Gasteiger partial charge < -0.3 is 14.8 Å².